The Morgan fingerprint density at radius 3 is 2.53 bits per heavy atom. The van der Waals surface area contributed by atoms with Crippen molar-refractivity contribution in [3.8, 4) is 11.5 Å². The van der Waals surface area contributed by atoms with Gasteiger partial charge in [0.15, 0.2) is 17.8 Å². The second kappa shape index (κ2) is 6.38. The summed E-state index contributed by atoms with van der Waals surface area (Å²) in [7, 11) is 1.57. The Bertz CT molecular complexity index is 567. The largest absolute Gasteiger partial charge is 0.493 e. The van der Waals surface area contributed by atoms with Crippen LogP contribution in [-0.2, 0) is 6.61 Å². The minimum Gasteiger partial charge on any atom is -0.493 e. The summed E-state index contributed by atoms with van der Waals surface area (Å²) in [5.41, 5.74) is 1.58. The van der Waals surface area contributed by atoms with Gasteiger partial charge in [0.25, 0.3) is 0 Å². The molecule has 19 heavy (non-hydrogen) atoms. The minimum atomic E-state index is 0.415. The van der Waals surface area contributed by atoms with Crippen LogP contribution in [0.3, 0.4) is 0 Å². The Balaban J connectivity index is 2.25. The first-order valence-electron chi connectivity index (χ1n) is 5.74. The number of halogens is 1. The van der Waals surface area contributed by atoms with Gasteiger partial charge >= 0.3 is 0 Å². The van der Waals surface area contributed by atoms with Crippen LogP contribution < -0.4 is 9.47 Å². The number of hydrogen-bond acceptors (Lipinski definition) is 3. The molecule has 0 bridgehead atoms. The molecule has 0 fully saturated rings. The van der Waals surface area contributed by atoms with Crippen LogP contribution in [0, 0.1) is 0 Å². The highest BCUT2D eigenvalue weighted by molar-refractivity contribution is 9.10. The van der Waals surface area contributed by atoms with E-state index >= 15 is 0 Å². The van der Waals surface area contributed by atoms with Crippen LogP contribution in [0.4, 0.5) is 0 Å². The highest BCUT2D eigenvalue weighted by Gasteiger charge is 2.13. The van der Waals surface area contributed by atoms with E-state index in [0.29, 0.717) is 28.1 Å². The molecule has 3 nitrogen and oxygen atoms in total. The van der Waals surface area contributed by atoms with Crippen LogP contribution in [0.25, 0.3) is 0 Å². The van der Waals surface area contributed by atoms with Gasteiger partial charge in [-0.3, -0.25) is 4.79 Å². The number of methoxy groups -OCH3 is 1. The van der Waals surface area contributed by atoms with Crippen molar-refractivity contribution < 1.29 is 14.3 Å². The summed E-state index contributed by atoms with van der Waals surface area (Å²) in [4.78, 5) is 10.9. The number of aldehydes is 1. The van der Waals surface area contributed by atoms with Crippen molar-refractivity contribution in [2.45, 2.75) is 6.61 Å². The van der Waals surface area contributed by atoms with Gasteiger partial charge in [-0.05, 0) is 33.6 Å². The molecule has 0 aromatic heterocycles. The number of rotatable bonds is 5. The Morgan fingerprint density at radius 1 is 1.16 bits per heavy atom. The van der Waals surface area contributed by atoms with Gasteiger partial charge in [0.2, 0.25) is 0 Å². The first kappa shape index (κ1) is 13.6. The lowest BCUT2D eigenvalue weighted by atomic mass is 10.2. The first-order valence-corrected chi connectivity index (χ1v) is 6.54. The van der Waals surface area contributed by atoms with E-state index < -0.39 is 0 Å². The van der Waals surface area contributed by atoms with Gasteiger partial charge in [0, 0.05) is 5.56 Å². The van der Waals surface area contributed by atoms with Crippen LogP contribution in [0.1, 0.15) is 15.9 Å². The molecule has 0 aliphatic heterocycles. The van der Waals surface area contributed by atoms with E-state index in [1.54, 1.807) is 19.2 Å². The summed E-state index contributed by atoms with van der Waals surface area (Å²) in [5.74, 6) is 1.13. The molecule has 0 aliphatic carbocycles. The maximum atomic E-state index is 10.9. The fourth-order valence-corrected chi connectivity index (χ4v) is 2.21. The summed E-state index contributed by atoms with van der Waals surface area (Å²) >= 11 is 3.37. The summed E-state index contributed by atoms with van der Waals surface area (Å²) in [5, 5.41) is 0. The van der Waals surface area contributed by atoms with Crippen molar-refractivity contribution in [1.29, 1.82) is 0 Å². The molecule has 0 saturated heterocycles. The zero-order valence-electron chi connectivity index (χ0n) is 10.4. The Morgan fingerprint density at radius 2 is 1.89 bits per heavy atom. The fourth-order valence-electron chi connectivity index (χ4n) is 1.67. The lowest BCUT2D eigenvalue weighted by Crippen LogP contribution is -2.00. The third kappa shape index (κ3) is 3.15. The molecule has 0 unspecified atom stereocenters. The lowest BCUT2D eigenvalue weighted by Gasteiger charge is -2.13. The monoisotopic (exact) mass is 320 g/mol. The molecule has 0 radical (unpaired) electrons. The van der Waals surface area contributed by atoms with Crippen molar-refractivity contribution in [1.82, 2.24) is 0 Å². The summed E-state index contributed by atoms with van der Waals surface area (Å²) < 4.78 is 11.6. The average molecular weight is 321 g/mol. The smallest absolute Gasteiger partial charge is 0.176 e. The second-order valence-electron chi connectivity index (χ2n) is 3.89. The molecule has 0 heterocycles. The number of carbonyl (C=O) groups excluding carboxylic acids is 1. The van der Waals surface area contributed by atoms with E-state index in [4.69, 9.17) is 9.47 Å². The molecule has 0 spiro atoms. The molecular formula is C15H13BrO3. The molecule has 0 aliphatic rings. The molecule has 2 aromatic rings. The summed E-state index contributed by atoms with van der Waals surface area (Å²) in [6.45, 7) is 0.415. The fraction of sp³-hybridized carbons (Fsp3) is 0.133. The zero-order chi connectivity index (χ0) is 13.7. The van der Waals surface area contributed by atoms with Gasteiger partial charge in [-0.25, -0.2) is 0 Å². The van der Waals surface area contributed by atoms with Crippen molar-refractivity contribution in [3.63, 3.8) is 0 Å². The maximum absolute atomic E-state index is 10.9. The first-order chi connectivity index (χ1) is 9.26. The normalized spacial score (nSPS) is 10.0. The SMILES string of the molecule is COc1ccc(C=O)c(Br)c1OCc1ccccc1. The standard InChI is InChI=1S/C15H13BrO3/c1-18-13-8-7-12(9-17)14(16)15(13)19-10-11-5-3-2-4-6-11/h2-9H,10H2,1H3. The van der Waals surface area contributed by atoms with Gasteiger partial charge in [0.1, 0.15) is 6.61 Å². The summed E-state index contributed by atoms with van der Waals surface area (Å²) in [6.07, 6.45) is 0.777. The third-order valence-corrected chi connectivity index (χ3v) is 3.48. The second-order valence-corrected chi connectivity index (χ2v) is 4.69. The van der Waals surface area contributed by atoms with Crippen molar-refractivity contribution in [2.24, 2.45) is 0 Å². The Hall–Kier alpha value is -1.81. The summed E-state index contributed by atoms with van der Waals surface area (Å²) in [6, 6.07) is 13.2. The van der Waals surface area contributed by atoms with Gasteiger partial charge < -0.3 is 9.47 Å². The molecule has 2 aromatic carbocycles. The molecule has 0 saturated carbocycles. The van der Waals surface area contributed by atoms with Gasteiger partial charge in [0.05, 0.1) is 11.6 Å². The van der Waals surface area contributed by atoms with E-state index in [2.05, 4.69) is 15.9 Å². The predicted molar refractivity (Wildman–Crippen MR) is 76.9 cm³/mol. The predicted octanol–water partition coefficient (Wildman–Crippen LogP) is 3.85. The van der Waals surface area contributed by atoms with Crippen molar-refractivity contribution in [3.05, 3.63) is 58.1 Å². The van der Waals surface area contributed by atoms with E-state index in [1.807, 2.05) is 30.3 Å². The maximum Gasteiger partial charge on any atom is 0.176 e. The van der Waals surface area contributed by atoms with Crippen molar-refractivity contribution >= 4 is 22.2 Å². The Kier molecular flexibility index (Phi) is 4.58. The molecule has 0 amide bonds. The topological polar surface area (TPSA) is 35.5 Å². The molecule has 0 N–H and O–H groups in total. The lowest BCUT2D eigenvalue weighted by molar-refractivity contribution is 0.112. The van der Waals surface area contributed by atoms with Crippen LogP contribution in [0.5, 0.6) is 11.5 Å². The number of hydrogen-bond donors (Lipinski definition) is 0. The third-order valence-electron chi connectivity index (χ3n) is 2.66. The molecule has 0 atom stereocenters. The van der Waals surface area contributed by atoms with Gasteiger partial charge in [-0.15, -0.1) is 0 Å². The van der Waals surface area contributed by atoms with E-state index in [1.165, 1.54) is 0 Å². The van der Waals surface area contributed by atoms with Crippen LogP contribution in [0.15, 0.2) is 46.9 Å². The Labute approximate surface area is 120 Å². The number of ether oxygens (including phenoxy) is 2. The average Bonchev–Trinajstić information content (AvgIpc) is 2.46. The molecule has 2 rings (SSSR count). The quantitative estimate of drug-likeness (QED) is 0.785. The van der Waals surface area contributed by atoms with E-state index in [-0.39, 0.29) is 0 Å². The molecule has 98 valence electrons. The van der Waals surface area contributed by atoms with Gasteiger partial charge in [-0.2, -0.15) is 0 Å². The van der Waals surface area contributed by atoms with E-state index in [0.717, 1.165) is 11.8 Å². The van der Waals surface area contributed by atoms with Crippen LogP contribution in [-0.4, -0.2) is 13.4 Å². The minimum absolute atomic E-state index is 0.415. The highest BCUT2D eigenvalue weighted by Crippen LogP contribution is 2.37. The molecular weight excluding hydrogens is 308 g/mol. The van der Waals surface area contributed by atoms with Crippen LogP contribution >= 0.6 is 15.9 Å². The molecule has 4 heteroatoms. The zero-order valence-corrected chi connectivity index (χ0v) is 12.0. The number of carbonyl (C=O) groups is 1. The van der Waals surface area contributed by atoms with Crippen molar-refractivity contribution in [2.75, 3.05) is 7.11 Å². The van der Waals surface area contributed by atoms with Crippen LogP contribution in [0.2, 0.25) is 0 Å². The highest BCUT2D eigenvalue weighted by atomic mass is 79.9. The van der Waals surface area contributed by atoms with Gasteiger partial charge in [-0.1, -0.05) is 30.3 Å². The van der Waals surface area contributed by atoms with E-state index in [9.17, 15) is 4.79 Å². The number of benzene rings is 2.